The summed E-state index contributed by atoms with van der Waals surface area (Å²) in [5.41, 5.74) is 6.85. The van der Waals surface area contributed by atoms with Crippen LogP contribution in [0.15, 0.2) is 33.7 Å². The summed E-state index contributed by atoms with van der Waals surface area (Å²) in [7, 11) is 0. The fourth-order valence-electron chi connectivity index (χ4n) is 1.24. The van der Waals surface area contributed by atoms with Crippen LogP contribution in [-0.4, -0.2) is 11.5 Å². The van der Waals surface area contributed by atoms with Gasteiger partial charge in [0.2, 0.25) is 0 Å². The number of aliphatic imine (C=N–C) groups is 1. The lowest BCUT2D eigenvalue weighted by Crippen LogP contribution is -2.44. The molecular formula is C12H18BrN3. The predicted octanol–water partition coefficient (Wildman–Crippen LogP) is 2.65. The highest BCUT2D eigenvalue weighted by Gasteiger charge is 2.09. The molecule has 16 heavy (non-hydrogen) atoms. The van der Waals surface area contributed by atoms with Gasteiger partial charge < -0.3 is 11.1 Å². The molecule has 1 rings (SSSR count). The first-order chi connectivity index (χ1) is 7.37. The highest BCUT2D eigenvalue weighted by Crippen LogP contribution is 2.12. The molecule has 0 atom stereocenters. The molecule has 1 aromatic carbocycles. The van der Waals surface area contributed by atoms with E-state index in [2.05, 4.69) is 47.0 Å². The van der Waals surface area contributed by atoms with E-state index in [1.807, 2.05) is 24.3 Å². The van der Waals surface area contributed by atoms with Crippen LogP contribution in [0, 0.1) is 0 Å². The van der Waals surface area contributed by atoms with E-state index in [9.17, 15) is 0 Å². The average Bonchev–Trinajstić information content (AvgIpc) is 2.12. The first-order valence-electron chi connectivity index (χ1n) is 5.19. The van der Waals surface area contributed by atoms with Gasteiger partial charge in [-0.05, 0) is 38.5 Å². The second kappa shape index (κ2) is 5.34. The normalized spacial score (nSPS) is 12.6. The summed E-state index contributed by atoms with van der Waals surface area (Å²) in [6, 6.07) is 8.04. The van der Waals surface area contributed by atoms with Gasteiger partial charge >= 0.3 is 0 Å². The van der Waals surface area contributed by atoms with Crippen LogP contribution in [0.25, 0.3) is 0 Å². The van der Waals surface area contributed by atoms with Gasteiger partial charge in [0.15, 0.2) is 5.96 Å². The second-order valence-corrected chi connectivity index (χ2v) is 5.62. The number of nitrogens with zero attached hydrogens (tertiary/aromatic N) is 1. The Morgan fingerprint density at radius 1 is 1.44 bits per heavy atom. The van der Waals surface area contributed by atoms with Crippen LogP contribution < -0.4 is 11.1 Å². The standard InChI is InChI=1S/C12H18BrN3/c1-12(2,3)16-11(14)15-8-9-5-4-6-10(13)7-9/h4-7H,8H2,1-3H3,(H3,14,15,16). The molecule has 0 fully saturated rings. The number of hydrogen-bond acceptors (Lipinski definition) is 1. The van der Waals surface area contributed by atoms with E-state index in [1.165, 1.54) is 0 Å². The molecule has 1 aromatic rings. The van der Waals surface area contributed by atoms with Crippen LogP contribution >= 0.6 is 15.9 Å². The quantitative estimate of drug-likeness (QED) is 0.648. The molecule has 0 aromatic heterocycles. The van der Waals surface area contributed by atoms with Gasteiger partial charge in [-0.1, -0.05) is 28.1 Å². The highest BCUT2D eigenvalue weighted by atomic mass is 79.9. The van der Waals surface area contributed by atoms with Crippen LogP contribution in [-0.2, 0) is 6.54 Å². The Hall–Kier alpha value is -1.03. The summed E-state index contributed by atoms with van der Waals surface area (Å²) < 4.78 is 1.06. The number of nitrogens with one attached hydrogen (secondary N) is 1. The van der Waals surface area contributed by atoms with Crippen LogP contribution in [0.4, 0.5) is 0 Å². The van der Waals surface area contributed by atoms with Gasteiger partial charge in [0.25, 0.3) is 0 Å². The Morgan fingerprint density at radius 3 is 2.69 bits per heavy atom. The summed E-state index contributed by atoms with van der Waals surface area (Å²) in [6.07, 6.45) is 0. The molecule has 0 saturated heterocycles. The zero-order valence-electron chi connectivity index (χ0n) is 9.92. The van der Waals surface area contributed by atoms with Crippen molar-refractivity contribution in [2.24, 2.45) is 10.7 Å². The van der Waals surface area contributed by atoms with Crippen molar-refractivity contribution in [1.29, 1.82) is 0 Å². The summed E-state index contributed by atoms with van der Waals surface area (Å²) in [6.45, 7) is 6.74. The van der Waals surface area contributed by atoms with Gasteiger partial charge in [-0.25, -0.2) is 4.99 Å². The van der Waals surface area contributed by atoms with Crippen molar-refractivity contribution in [2.75, 3.05) is 0 Å². The molecule has 0 aliphatic carbocycles. The fourth-order valence-corrected chi connectivity index (χ4v) is 1.68. The minimum absolute atomic E-state index is 0.0507. The van der Waals surface area contributed by atoms with Gasteiger partial charge in [-0.3, -0.25) is 0 Å². The number of halogens is 1. The number of hydrogen-bond donors (Lipinski definition) is 2. The van der Waals surface area contributed by atoms with E-state index in [0.717, 1.165) is 10.0 Å². The smallest absolute Gasteiger partial charge is 0.189 e. The van der Waals surface area contributed by atoms with E-state index >= 15 is 0 Å². The Bertz CT molecular complexity index is 380. The second-order valence-electron chi connectivity index (χ2n) is 4.71. The monoisotopic (exact) mass is 283 g/mol. The maximum absolute atomic E-state index is 5.77. The molecule has 0 saturated carbocycles. The van der Waals surface area contributed by atoms with E-state index in [-0.39, 0.29) is 5.54 Å². The van der Waals surface area contributed by atoms with Crippen LogP contribution in [0.2, 0.25) is 0 Å². The first kappa shape index (κ1) is 13.0. The maximum Gasteiger partial charge on any atom is 0.189 e. The zero-order valence-corrected chi connectivity index (χ0v) is 11.5. The molecule has 0 unspecified atom stereocenters. The third-order valence-corrected chi connectivity index (χ3v) is 2.32. The van der Waals surface area contributed by atoms with Crippen molar-refractivity contribution in [2.45, 2.75) is 32.9 Å². The summed E-state index contributed by atoms with van der Waals surface area (Å²) in [4.78, 5) is 4.28. The molecule has 0 bridgehead atoms. The number of guanidine groups is 1. The lowest BCUT2D eigenvalue weighted by molar-refractivity contribution is 0.508. The van der Waals surface area contributed by atoms with Crippen molar-refractivity contribution in [3.8, 4) is 0 Å². The molecule has 0 radical (unpaired) electrons. The van der Waals surface area contributed by atoms with Gasteiger partial charge in [-0.15, -0.1) is 0 Å². The first-order valence-corrected chi connectivity index (χ1v) is 5.99. The third kappa shape index (κ3) is 5.16. The molecule has 0 aliphatic heterocycles. The van der Waals surface area contributed by atoms with Crippen LogP contribution in [0.3, 0.4) is 0 Å². The lowest BCUT2D eigenvalue weighted by atomic mass is 10.1. The minimum Gasteiger partial charge on any atom is -0.370 e. The van der Waals surface area contributed by atoms with Gasteiger partial charge in [0, 0.05) is 10.0 Å². The van der Waals surface area contributed by atoms with Crippen molar-refractivity contribution in [3.63, 3.8) is 0 Å². The molecule has 0 aliphatic rings. The van der Waals surface area contributed by atoms with Crippen molar-refractivity contribution in [3.05, 3.63) is 34.3 Å². The Kier molecular flexibility index (Phi) is 4.35. The number of rotatable bonds is 2. The fraction of sp³-hybridized carbons (Fsp3) is 0.417. The largest absolute Gasteiger partial charge is 0.370 e. The zero-order chi connectivity index (χ0) is 12.2. The lowest BCUT2D eigenvalue weighted by Gasteiger charge is -2.20. The molecular weight excluding hydrogens is 266 g/mol. The molecule has 88 valence electrons. The van der Waals surface area contributed by atoms with E-state index in [4.69, 9.17) is 5.73 Å². The van der Waals surface area contributed by atoms with E-state index in [0.29, 0.717) is 12.5 Å². The summed E-state index contributed by atoms with van der Waals surface area (Å²) >= 11 is 3.42. The molecule has 3 nitrogen and oxygen atoms in total. The molecule has 0 amide bonds. The van der Waals surface area contributed by atoms with Gasteiger partial charge in [0.1, 0.15) is 0 Å². The van der Waals surface area contributed by atoms with Gasteiger partial charge in [0.05, 0.1) is 6.54 Å². The van der Waals surface area contributed by atoms with Crippen molar-refractivity contribution in [1.82, 2.24) is 5.32 Å². The third-order valence-electron chi connectivity index (χ3n) is 1.82. The predicted molar refractivity (Wildman–Crippen MR) is 72.4 cm³/mol. The van der Waals surface area contributed by atoms with Gasteiger partial charge in [-0.2, -0.15) is 0 Å². The Labute approximate surface area is 105 Å². The van der Waals surface area contributed by atoms with E-state index in [1.54, 1.807) is 0 Å². The Morgan fingerprint density at radius 2 is 2.12 bits per heavy atom. The SMILES string of the molecule is CC(C)(C)NC(N)=NCc1cccc(Br)c1. The number of benzene rings is 1. The molecule has 3 N–H and O–H groups in total. The highest BCUT2D eigenvalue weighted by molar-refractivity contribution is 9.10. The summed E-state index contributed by atoms with van der Waals surface area (Å²) in [5.74, 6) is 0.479. The molecule has 0 heterocycles. The minimum atomic E-state index is -0.0507. The van der Waals surface area contributed by atoms with Crippen molar-refractivity contribution < 1.29 is 0 Å². The molecule has 0 spiro atoms. The van der Waals surface area contributed by atoms with Crippen molar-refractivity contribution >= 4 is 21.9 Å². The summed E-state index contributed by atoms with van der Waals surface area (Å²) in [5, 5.41) is 3.12. The Balaban J connectivity index is 2.59. The molecule has 4 heteroatoms. The maximum atomic E-state index is 5.77. The van der Waals surface area contributed by atoms with E-state index < -0.39 is 0 Å². The van der Waals surface area contributed by atoms with Crippen LogP contribution in [0.1, 0.15) is 26.3 Å². The average molecular weight is 284 g/mol. The topological polar surface area (TPSA) is 50.4 Å². The number of nitrogens with two attached hydrogens (primary N) is 1. The van der Waals surface area contributed by atoms with Crippen LogP contribution in [0.5, 0.6) is 0 Å².